The van der Waals surface area contributed by atoms with Crippen LogP contribution in [-0.2, 0) is 8.85 Å². The van der Waals surface area contributed by atoms with Crippen LogP contribution >= 0.6 is 11.8 Å². The van der Waals surface area contributed by atoms with Gasteiger partial charge in [0.15, 0.2) is 0 Å². The van der Waals surface area contributed by atoms with Crippen molar-refractivity contribution in [1.82, 2.24) is 0 Å². The summed E-state index contributed by atoms with van der Waals surface area (Å²) in [6, 6.07) is 1.01. The predicted molar refractivity (Wildman–Crippen MR) is 76.2 cm³/mol. The molecule has 0 aliphatic rings. The minimum atomic E-state index is -2.03. The van der Waals surface area contributed by atoms with E-state index in [9.17, 15) is 0 Å². The van der Waals surface area contributed by atoms with E-state index in [-0.39, 0.29) is 12.2 Å². The Bertz CT molecular complexity index is 231. The van der Waals surface area contributed by atoms with Crippen LogP contribution in [0, 0.1) is 10.7 Å². The fourth-order valence-electron chi connectivity index (χ4n) is 1.81. The van der Waals surface area contributed by atoms with Crippen LogP contribution in [-0.4, -0.2) is 26.5 Å². The highest BCUT2D eigenvalue weighted by Gasteiger charge is 2.33. The largest absolute Gasteiger partial charge is 0.392 e. The summed E-state index contributed by atoms with van der Waals surface area (Å²) in [5.74, 6) is 0.907. The van der Waals surface area contributed by atoms with E-state index < -0.39 is 8.56 Å². The molecule has 0 radical (unpaired) electrons. The molecule has 0 aliphatic carbocycles. The second-order valence-corrected chi connectivity index (χ2v) is 8.98. The first kappa shape index (κ1) is 17.0. The molecule has 3 nitrogen and oxygen atoms in total. The van der Waals surface area contributed by atoms with E-state index in [4.69, 9.17) is 14.1 Å². The molecule has 0 heterocycles. The normalized spacial score (nSPS) is 12.1. The lowest BCUT2D eigenvalue weighted by molar-refractivity contribution is 0.109. The van der Waals surface area contributed by atoms with Gasteiger partial charge in [-0.15, -0.1) is 0 Å². The Morgan fingerprint density at radius 1 is 1.12 bits per heavy atom. The van der Waals surface area contributed by atoms with Crippen LogP contribution < -0.4 is 0 Å². The molecule has 0 fully saturated rings. The second-order valence-electron chi connectivity index (χ2n) is 4.86. The van der Waals surface area contributed by atoms with Gasteiger partial charge >= 0.3 is 8.56 Å². The Hall–Kier alpha value is -0.0231. The number of hydrogen-bond acceptors (Lipinski definition) is 4. The third-order valence-corrected chi connectivity index (χ3v) is 5.99. The Morgan fingerprint density at radius 3 is 2.06 bits per heavy atom. The van der Waals surface area contributed by atoms with Crippen molar-refractivity contribution in [1.29, 1.82) is 5.26 Å². The van der Waals surface area contributed by atoms with E-state index in [0.717, 1.165) is 24.6 Å². The number of rotatable bonds is 9. The molecule has 0 saturated carbocycles. The molecule has 0 N–H and O–H groups in total. The maximum atomic E-state index is 8.44. The average Bonchev–Trinajstić information content (AvgIpc) is 2.14. The van der Waals surface area contributed by atoms with Crippen molar-refractivity contribution in [3.05, 3.63) is 0 Å². The van der Waals surface area contributed by atoms with Crippen LogP contribution in [0.15, 0.2) is 0 Å². The maximum Gasteiger partial charge on any atom is 0.335 e. The summed E-state index contributed by atoms with van der Waals surface area (Å²) in [6.45, 7) is 10.4. The first-order chi connectivity index (χ1) is 7.89. The quantitative estimate of drug-likeness (QED) is 0.363. The molecular formula is C12H25NO2SSi. The summed E-state index contributed by atoms with van der Waals surface area (Å²) >= 11 is 1.33. The molecule has 5 heteroatoms. The van der Waals surface area contributed by atoms with Gasteiger partial charge < -0.3 is 8.85 Å². The number of nitrogens with zero attached hydrogens (tertiary/aromatic N) is 1. The molecule has 17 heavy (non-hydrogen) atoms. The van der Waals surface area contributed by atoms with Crippen LogP contribution in [0.25, 0.3) is 0 Å². The molecule has 0 spiro atoms. The molecule has 0 aromatic rings. The van der Waals surface area contributed by atoms with Gasteiger partial charge in [-0.2, -0.15) is 5.26 Å². The van der Waals surface area contributed by atoms with Gasteiger partial charge in [-0.3, -0.25) is 0 Å². The molecular weight excluding hydrogens is 250 g/mol. The Labute approximate surface area is 111 Å². The highest BCUT2D eigenvalue weighted by molar-refractivity contribution is 8.03. The van der Waals surface area contributed by atoms with Crippen LogP contribution in [0.1, 0.15) is 40.5 Å². The molecule has 0 aromatic carbocycles. The van der Waals surface area contributed by atoms with Crippen LogP contribution in [0.3, 0.4) is 0 Å². The summed E-state index contributed by atoms with van der Waals surface area (Å²) in [5, 5.41) is 10.5. The van der Waals surface area contributed by atoms with Gasteiger partial charge in [-0.05, 0) is 58.5 Å². The van der Waals surface area contributed by atoms with Crippen LogP contribution in [0.4, 0.5) is 0 Å². The maximum absolute atomic E-state index is 8.44. The van der Waals surface area contributed by atoms with E-state index in [1.54, 1.807) is 0 Å². The number of unbranched alkanes of at least 4 members (excludes halogenated alkanes) is 1. The van der Waals surface area contributed by atoms with Gasteiger partial charge in [0.05, 0.1) is 0 Å². The van der Waals surface area contributed by atoms with E-state index in [1.807, 2.05) is 0 Å². The zero-order chi connectivity index (χ0) is 13.3. The highest BCUT2D eigenvalue weighted by atomic mass is 32.2. The fraction of sp³-hybridized carbons (Fsp3) is 0.917. The second kappa shape index (κ2) is 8.98. The van der Waals surface area contributed by atoms with E-state index >= 15 is 0 Å². The molecule has 0 saturated heterocycles. The SMILES string of the molecule is CC(C)O[Si](C)(CCCCSC#N)OC(C)C. The Balaban J connectivity index is 4.06. The third kappa shape index (κ3) is 9.66. The van der Waals surface area contributed by atoms with Crippen molar-refractivity contribution >= 4 is 20.3 Å². The Kier molecular flexibility index (Phi) is 8.97. The summed E-state index contributed by atoms with van der Waals surface area (Å²) in [6.07, 6.45) is 2.58. The van der Waals surface area contributed by atoms with Gasteiger partial charge in [0.2, 0.25) is 0 Å². The number of hydrogen-bond donors (Lipinski definition) is 0. The number of thioether (sulfide) groups is 1. The van der Waals surface area contributed by atoms with Crippen molar-refractivity contribution in [2.75, 3.05) is 5.75 Å². The summed E-state index contributed by atoms with van der Waals surface area (Å²) in [4.78, 5) is 0. The van der Waals surface area contributed by atoms with E-state index in [1.165, 1.54) is 11.8 Å². The molecule has 0 aliphatic heterocycles. The smallest absolute Gasteiger partial charge is 0.335 e. The monoisotopic (exact) mass is 275 g/mol. The zero-order valence-corrected chi connectivity index (χ0v) is 13.5. The lowest BCUT2D eigenvalue weighted by Crippen LogP contribution is -2.42. The summed E-state index contributed by atoms with van der Waals surface area (Å²) < 4.78 is 12.0. The lowest BCUT2D eigenvalue weighted by Gasteiger charge is -2.31. The minimum Gasteiger partial charge on any atom is -0.392 e. The minimum absolute atomic E-state index is 0.221. The fourth-order valence-corrected chi connectivity index (χ4v) is 5.43. The molecule has 100 valence electrons. The van der Waals surface area contributed by atoms with Crippen LogP contribution in [0.5, 0.6) is 0 Å². The van der Waals surface area contributed by atoms with E-state index in [0.29, 0.717) is 0 Å². The van der Waals surface area contributed by atoms with Gasteiger partial charge in [0.25, 0.3) is 0 Å². The molecule has 0 rings (SSSR count). The molecule has 0 bridgehead atoms. The number of nitriles is 1. The number of thiocyanates is 1. The van der Waals surface area contributed by atoms with Crippen molar-refractivity contribution in [2.24, 2.45) is 0 Å². The van der Waals surface area contributed by atoms with Gasteiger partial charge in [0.1, 0.15) is 5.40 Å². The predicted octanol–water partition coefficient (Wildman–Crippen LogP) is 3.90. The average molecular weight is 275 g/mol. The molecule has 0 unspecified atom stereocenters. The van der Waals surface area contributed by atoms with Gasteiger partial charge in [0, 0.05) is 18.0 Å². The third-order valence-electron chi connectivity index (χ3n) is 2.16. The lowest BCUT2D eigenvalue weighted by atomic mass is 10.4. The summed E-state index contributed by atoms with van der Waals surface area (Å²) in [5.41, 5.74) is 0. The Morgan fingerprint density at radius 2 is 1.65 bits per heavy atom. The van der Waals surface area contributed by atoms with Crippen molar-refractivity contribution in [3.8, 4) is 5.40 Å². The standard InChI is InChI=1S/C12H25NO2SSi/c1-11(2)14-17(5,15-12(3)4)9-7-6-8-16-10-13/h11-12H,6-9H2,1-5H3. The first-order valence-electron chi connectivity index (χ1n) is 6.26. The molecule has 0 atom stereocenters. The van der Waals surface area contributed by atoms with E-state index in [2.05, 4.69) is 39.6 Å². The van der Waals surface area contributed by atoms with Crippen molar-refractivity contribution in [3.63, 3.8) is 0 Å². The van der Waals surface area contributed by atoms with Crippen molar-refractivity contribution in [2.45, 2.75) is 65.3 Å². The first-order valence-corrected chi connectivity index (χ1v) is 9.77. The van der Waals surface area contributed by atoms with Gasteiger partial charge in [-0.25, -0.2) is 0 Å². The van der Waals surface area contributed by atoms with Crippen LogP contribution in [0.2, 0.25) is 12.6 Å². The van der Waals surface area contributed by atoms with Gasteiger partial charge in [-0.1, -0.05) is 6.42 Å². The topological polar surface area (TPSA) is 42.2 Å². The summed E-state index contributed by atoms with van der Waals surface area (Å²) in [7, 11) is -2.03. The highest BCUT2D eigenvalue weighted by Crippen LogP contribution is 2.21. The zero-order valence-electron chi connectivity index (χ0n) is 11.7. The van der Waals surface area contributed by atoms with Crippen molar-refractivity contribution < 1.29 is 8.85 Å². The molecule has 0 amide bonds. The molecule has 0 aromatic heterocycles.